The zero-order valence-electron chi connectivity index (χ0n) is 17.1. The molecule has 1 aromatic rings. The Balaban J connectivity index is 1.42. The van der Waals surface area contributed by atoms with Crippen LogP contribution in [0.1, 0.15) is 38.5 Å². The number of sulfone groups is 1. The van der Waals surface area contributed by atoms with E-state index in [0.717, 1.165) is 57.8 Å². The van der Waals surface area contributed by atoms with Gasteiger partial charge in [0.05, 0.1) is 4.90 Å². The highest BCUT2D eigenvalue weighted by Crippen LogP contribution is 2.32. The zero-order valence-corrected chi connectivity index (χ0v) is 17.9. The lowest BCUT2D eigenvalue weighted by atomic mass is 9.83. The monoisotopic (exact) mass is 421 g/mol. The number of aromatic nitrogens is 1. The highest BCUT2D eigenvalue weighted by Gasteiger charge is 2.38. The summed E-state index contributed by atoms with van der Waals surface area (Å²) in [5.41, 5.74) is 0. The normalized spacial score (nSPS) is 29.9. The van der Waals surface area contributed by atoms with Crippen molar-refractivity contribution >= 4 is 16.1 Å². The van der Waals surface area contributed by atoms with E-state index in [2.05, 4.69) is 14.8 Å². The van der Waals surface area contributed by atoms with Crippen molar-refractivity contribution in [2.24, 2.45) is 5.92 Å². The van der Waals surface area contributed by atoms with Crippen LogP contribution in [-0.2, 0) is 14.6 Å². The average Bonchev–Trinajstić information content (AvgIpc) is 2.67. The van der Waals surface area contributed by atoms with Crippen molar-refractivity contribution in [2.45, 2.75) is 61.6 Å². The van der Waals surface area contributed by atoms with E-state index in [9.17, 15) is 13.2 Å². The Kier molecular flexibility index (Phi) is 6.22. The maximum Gasteiger partial charge on any atom is 0.213 e. The van der Waals surface area contributed by atoms with Gasteiger partial charge in [0.2, 0.25) is 5.88 Å². The van der Waals surface area contributed by atoms with Gasteiger partial charge in [-0.3, -0.25) is 9.80 Å². The van der Waals surface area contributed by atoms with Gasteiger partial charge in [-0.15, -0.1) is 0 Å². The SMILES string of the molecule is CS(=O)(=O)c1ccc(OC2CCC(C=O)CC2N2CCN(C3CCC3)CC2)nc1. The van der Waals surface area contributed by atoms with Gasteiger partial charge in [-0.2, -0.15) is 0 Å². The van der Waals surface area contributed by atoms with Gasteiger partial charge in [0.15, 0.2) is 9.84 Å². The van der Waals surface area contributed by atoms with Crippen LogP contribution in [0.25, 0.3) is 0 Å². The van der Waals surface area contributed by atoms with Crippen molar-refractivity contribution in [2.75, 3.05) is 32.4 Å². The summed E-state index contributed by atoms with van der Waals surface area (Å²) >= 11 is 0. The minimum absolute atomic E-state index is 0.0296. The second-order valence-electron chi connectivity index (χ2n) is 8.69. The predicted octanol–water partition coefficient (Wildman–Crippen LogP) is 1.77. The first-order valence-corrected chi connectivity index (χ1v) is 12.6. The molecule has 4 rings (SSSR count). The van der Waals surface area contributed by atoms with Gasteiger partial charge >= 0.3 is 0 Å². The maximum absolute atomic E-state index is 11.6. The fourth-order valence-electron chi connectivity index (χ4n) is 4.79. The van der Waals surface area contributed by atoms with Gasteiger partial charge in [0, 0.05) is 62.7 Å². The molecule has 3 aliphatic rings. The quantitative estimate of drug-likeness (QED) is 0.648. The number of aldehydes is 1. The molecule has 2 heterocycles. The summed E-state index contributed by atoms with van der Waals surface area (Å²) in [4.78, 5) is 20.9. The number of ether oxygens (including phenoxy) is 1. The van der Waals surface area contributed by atoms with Crippen LogP contribution in [0.4, 0.5) is 0 Å². The standard InChI is InChI=1S/C21H31N3O4S/c1-29(26,27)18-6-8-21(22-14-18)28-20-7-5-16(15-25)13-19(20)24-11-9-23(10-12-24)17-3-2-4-17/h6,8,14-17,19-20H,2-5,7,9-13H2,1H3. The van der Waals surface area contributed by atoms with Gasteiger partial charge in [-0.05, 0) is 38.2 Å². The van der Waals surface area contributed by atoms with Crippen molar-refractivity contribution < 1.29 is 17.9 Å². The van der Waals surface area contributed by atoms with E-state index in [1.54, 1.807) is 12.1 Å². The largest absolute Gasteiger partial charge is 0.473 e. The molecule has 3 unspecified atom stereocenters. The first-order valence-electron chi connectivity index (χ1n) is 10.7. The van der Waals surface area contributed by atoms with Crippen molar-refractivity contribution in [3.05, 3.63) is 18.3 Å². The Bertz CT molecular complexity index is 802. The second kappa shape index (κ2) is 8.70. The summed E-state index contributed by atoms with van der Waals surface area (Å²) in [5, 5.41) is 0. The molecule has 0 radical (unpaired) electrons. The third-order valence-electron chi connectivity index (χ3n) is 6.81. The molecule has 29 heavy (non-hydrogen) atoms. The molecule has 0 amide bonds. The van der Waals surface area contributed by atoms with E-state index in [-0.39, 0.29) is 23.0 Å². The minimum atomic E-state index is -3.27. The second-order valence-corrected chi connectivity index (χ2v) is 10.7. The fraction of sp³-hybridized carbons (Fsp3) is 0.714. The molecule has 2 aliphatic carbocycles. The number of carbonyl (C=O) groups is 1. The Morgan fingerprint density at radius 3 is 2.34 bits per heavy atom. The molecule has 8 heteroatoms. The lowest BCUT2D eigenvalue weighted by molar-refractivity contribution is -0.114. The van der Waals surface area contributed by atoms with Crippen molar-refractivity contribution in [3.8, 4) is 5.88 Å². The van der Waals surface area contributed by atoms with E-state index >= 15 is 0 Å². The van der Waals surface area contributed by atoms with Crippen molar-refractivity contribution in [1.82, 2.24) is 14.8 Å². The van der Waals surface area contributed by atoms with Gasteiger partial charge < -0.3 is 9.53 Å². The van der Waals surface area contributed by atoms with Crippen LogP contribution >= 0.6 is 0 Å². The molecule has 0 aromatic carbocycles. The van der Waals surface area contributed by atoms with Gasteiger partial charge in [0.25, 0.3) is 0 Å². The van der Waals surface area contributed by atoms with Gasteiger partial charge in [-0.1, -0.05) is 6.42 Å². The molecule has 0 N–H and O–H groups in total. The molecule has 1 saturated heterocycles. The fourth-order valence-corrected chi connectivity index (χ4v) is 5.35. The van der Waals surface area contributed by atoms with Crippen LogP contribution in [-0.4, -0.2) is 80.1 Å². The minimum Gasteiger partial charge on any atom is -0.473 e. The van der Waals surface area contributed by atoms with E-state index in [0.29, 0.717) is 5.88 Å². The molecule has 1 aliphatic heterocycles. The number of carbonyl (C=O) groups excluding carboxylic acids is 1. The summed E-state index contributed by atoms with van der Waals surface area (Å²) < 4.78 is 29.5. The number of hydrogen-bond donors (Lipinski definition) is 0. The molecule has 2 saturated carbocycles. The highest BCUT2D eigenvalue weighted by atomic mass is 32.2. The Labute approximate surface area is 173 Å². The molecular formula is C21H31N3O4S. The smallest absolute Gasteiger partial charge is 0.213 e. The van der Waals surface area contributed by atoms with Crippen LogP contribution in [0, 0.1) is 5.92 Å². The van der Waals surface area contributed by atoms with Gasteiger partial charge in [-0.25, -0.2) is 13.4 Å². The number of nitrogens with zero attached hydrogens (tertiary/aromatic N) is 3. The van der Waals surface area contributed by atoms with Crippen molar-refractivity contribution in [3.63, 3.8) is 0 Å². The maximum atomic E-state index is 11.6. The zero-order chi connectivity index (χ0) is 20.4. The first-order chi connectivity index (χ1) is 13.9. The Hall–Kier alpha value is -1.51. The third-order valence-corrected chi connectivity index (χ3v) is 7.90. The number of hydrogen-bond acceptors (Lipinski definition) is 7. The first kappa shape index (κ1) is 20.8. The molecule has 7 nitrogen and oxygen atoms in total. The highest BCUT2D eigenvalue weighted by molar-refractivity contribution is 7.90. The summed E-state index contributed by atoms with van der Waals surface area (Å²) in [6.07, 6.45) is 10.1. The van der Waals surface area contributed by atoms with Crippen LogP contribution in [0.2, 0.25) is 0 Å². The van der Waals surface area contributed by atoms with E-state index in [1.807, 2.05) is 0 Å². The summed E-state index contributed by atoms with van der Waals surface area (Å²) in [6.45, 7) is 4.18. The average molecular weight is 422 g/mol. The van der Waals surface area contributed by atoms with E-state index in [1.165, 1.54) is 31.7 Å². The summed E-state index contributed by atoms with van der Waals surface area (Å²) in [6, 6.07) is 4.14. The van der Waals surface area contributed by atoms with Crippen LogP contribution in [0.3, 0.4) is 0 Å². The molecule has 3 atom stereocenters. The third kappa shape index (κ3) is 4.81. The van der Waals surface area contributed by atoms with Crippen LogP contribution in [0.15, 0.2) is 23.2 Å². The summed E-state index contributed by atoms with van der Waals surface area (Å²) in [7, 11) is -3.27. The number of pyridine rings is 1. The Morgan fingerprint density at radius 1 is 1.07 bits per heavy atom. The summed E-state index contributed by atoms with van der Waals surface area (Å²) in [5.74, 6) is 0.537. The molecule has 160 valence electrons. The predicted molar refractivity (Wildman–Crippen MR) is 110 cm³/mol. The molecule has 1 aromatic heterocycles. The molecular weight excluding hydrogens is 390 g/mol. The topological polar surface area (TPSA) is 79.8 Å². The van der Waals surface area contributed by atoms with E-state index < -0.39 is 9.84 Å². The van der Waals surface area contributed by atoms with Crippen molar-refractivity contribution in [1.29, 1.82) is 0 Å². The van der Waals surface area contributed by atoms with Crippen LogP contribution < -0.4 is 4.74 Å². The number of piperazine rings is 1. The van der Waals surface area contributed by atoms with Crippen LogP contribution in [0.5, 0.6) is 5.88 Å². The molecule has 0 bridgehead atoms. The lowest BCUT2D eigenvalue weighted by Gasteiger charge is -2.47. The Morgan fingerprint density at radius 2 is 1.79 bits per heavy atom. The van der Waals surface area contributed by atoms with E-state index in [4.69, 9.17) is 4.74 Å². The molecule has 3 fully saturated rings. The lowest BCUT2D eigenvalue weighted by Crippen LogP contribution is -2.58. The molecule has 0 spiro atoms. The van der Waals surface area contributed by atoms with Gasteiger partial charge in [0.1, 0.15) is 12.4 Å². The number of rotatable bonds is 6.